The molecule has 1 atom stereocenters. The second-order valence-electron chi connectivity index (χ2n) is 4.40. The molecule has 88 valence electrons. The third-order valence-electron chi connectivity index (χ3n) is 3.07. The lowest BCUT2D eigenvalue weighted by atomic mass is 10.1. The molecule has 1 fully saturated rings. The SMILES string of the molecule is NCC1CCN(CCCCCC(=O)O)C1. The average molecular weight is 214 g/mol. The summed E-state index contributed by atoms with van der Waals surface area (Å²) < 4.78 is 0. The van der Waals surface area contributed by atoms with Crippen LogP contribution in [-0.4, -0.2) is 42.2 Å². The van der Waals surface area contributed by atoms with Crippen molar-refractivity contribution in [3.05, 3.63) is 0 Å². The molecule has 0 amide bonds. The van der Waals surface area contributed by atoms with Crippen LogP contribution in [0.25, 0.3) is 0 Å². The van der Waals surface area contributed by atoms with Crippen molar-refractivity contribution >= 4 is 5.97 Å². The van der Waals surface area contributed by atoms with Gasteiger partial charge in [0.25, 0.3) is 0 Å². The Kier molecular flexibility index (Phi) is 5.65. The summed E-state index contributed by atoms with van der Waals surface area (Å²) in [6.07, 6.45) is 4.49. The molecule has 3 N–H and O–H groups in total. The first-order valence-corrected chi connectivity index (χ1v) is 5.86. The van der Waals surface area contributed by atoms with E-state index in [-0.39, 0.29) is 0 Å². The van der Waals surface area contributed by atoms with Gasteiger partial charge in [0.1, 0.15) is 0 Å². The quantitative estimate of drug-likeness (QED) is 0.618. The first-order chi connectivity index (χ1) is 7.22. The zero-order chi connectivity index (χ0) is 11.1. The van der Waals surface area contributed by atoms with Gasteiger partial charge in [-0.25, -0.2) is 0 Å². The van der Waals surface area contributed by atoms with Crippen molar-refractivity contribution in [1.29, 1.82) is 0 Å². The van der Waals surface area contributed by atoms with Crippen LogP contribution in [0.3, 0.4) is 0 Å². The number of likely N-dealkylation sites (tertiary alicyclic amines) is 1. The Bertz CT molecular complexity index is 197. The van der Waals surface area contributed by atoms with Gasteiger partial charge in [-0.15, -0.1) is 0 Å². The molecule has 0 aromatic heterocycles. The minimum Gasteiger partial charge on any atom is -0.481 e. The average Bonchev–Trinajstić information content (AvgIpc) is 2.65. The predicted molar refractivity (Wildman–Crippen MR) is 59.7 cm³/mol. The molecule has 1 saturated heterocycles. The van der Waals surface area contributed by atoms with E-state index >= 15 is 0 Å². The third-order valence-corrected chi connectivity index (χ3v) is 3.07. The number of nitrogens with zero attached hydrogens (tertiary/aromatic N) is 1. The smallest absolute Gasteiger partial charge is 0.303 e. The van der Waals surface area contributed by atoms with Gasteiger partial charge in [0.2, 0.25) is 0 Å². The molecule has 0 bridgehead atoms. The van der Waals surface area contributed by atoms with E-state index in [0.29, 0.717) is 12.3 Å². The Morgan fingerprint density at radius 2 is 2.20 bits per heavy atom. The van der Waals surface area contributed by atoms with E-state index in [2.05, 4.69) is 4.90 Å². The first kappa shape index (κ1) is 12.5. The predicted octanol–water partition coefficient (Wildman–Crippen LogP) is 0.912. The van der Waals surface area contributed by atoms with Gasteiger partial charge in [-0.1, -0.05) is 6.42 Å². The molecule has 0 spiro atoms. The zero-order valence-corrected chi connectivity index (χ0v) is 9.32. The normalized spacial score (nSPS) is 22.1. The van der Waals surface area contributed by atoms with Crippen molar-refractivity contribution in [2.24, 2.45) is 11.7 Å². The van der Waals surface area contributed by atoms with E-state index in [0.717, 1.165) is 38.9 Å². The van der Waals surface area contributed by atoms with E-state index < -0.39 is 5.97 Å². The second kappa shape index (κ2) is 6.80. The van der Waals surface area contributed by atoms with E-state index in [9.17, 15) is 4.79 Å². The van der Waals surface area contributed by atoms with Crippen molar-refractivity contribution in [1.82, 2.24) is 4.90 Å². The Hall–Kier alpha value is -0.610. The van der Waals surface area contributed by atoms with Gasteiger partial charge in [-0.3, -0.25) is 4.79 Å². The molecule has 1 unspecified atom stereocenters. The molecule has 0 aliphatic carbocycles. The Balaban J connectivity index is 1.94. The zero-order valence-electron chi connectivity index (χ0n) is 9.32. The molecule has 1 heterocycles. The van der Waals surface area contributed by atoms with Gasteiger partial charge in [0.05, 0.1) is 0 Å². The van der Waals surface area contributed by atoms with Crippen molar-refractivity contribution in [3.63, 3.8) is 0 Å². The maximum absolute atomic E-state index is 10.3. The summed E-state index contributed by atoms with van der Waals surface area (Å²) in [4.78, 5) is 12.7. The largest absolute Gasteiger partial charge is 0.481 e. The number of aliphatic carboxylic acids is 1. The Labute approximate surface area is 91.4 Å². The highest BCUT2D eigenvalue weighted by Gasteiger charge is 2.20. The topological polar surface area (TPSA) is 66.6 Å². The molecule has 1 rings (SSSR count). The molecular weight excluding hydrogens is 192 g/mol. The summed E-state index contributed by atoms with van der Waals surface area (Å²) in [6.45, 7) is 4.21. The van der Waals surface area contributed by atoms with Gasteiger partial charge >= 0.3 is 5.97 Å². The lowest BCUT2D eigenvalue weighted by molar-refractivity contribution is -0.137. The second-order valence-corrected chi connectivity index (χ2v) is 4.40. The fraction of sp³-hybridized carbons (Fsp3) is 0.909. The lowest BCUT2D eigenvalue weighted by Crippen LogP contribution is -2.24. The molecule has 4 heteroatoms. The monoisotopic (exact) mass is 214 g/mol. The minimum absolute atomic E-state index is 0.311. The molecule has 1 aliphatic rings. The van der Waals surface area contributed by atoms with Crippen LogP contribution in [-0.2, 0) is 4.79 Å². The summed E-state index contributed by atoms with van der Waals surface area (Å²) in [5, 5.41) is 8.47. The number of unbranched alkanes of at least 4 members (excludes halogenated alkanes) is 2. The Morgan fingerprint density at radius 3 is 2.80 bits per heavy atom. The molecule has 0 saturated carbocycles. The maximum Gasteiger partial charge on any atom is 0.303 e. The summed E-state index contributed by atoms with van der Waals surface area (Å²) in [7, 11) is 0. The van der Waals surface area contributed by atoms with Crippen LogP contribution >= 0.6 is 0 Å². The van der Waals surface area contributed by atoms with Crippen molar-refractivity contribution in [2.45, 2.75) is 32.1 Å². The van der Waals surface area contributed by atoms with E-state index in [4.69, 9.17) is 10.8 Å². The first-order valence-electron chi connectivity index (χ1n) is 5.86. The maximum atomic E-state index is 10.3. The molecule has 1 aliphatic heterocycles. The summed E-state index contributed by atoms with van der Waals surface area (Å²) in [5.74, 6) is 0.00314. The third kappa shape index (κ3) is 5.14. The number of hydrogen-bond acceptors (Lipinski definition) is 3. The van der Waals surface area contributed by atoms with Crippen LogP contribution < -0.4 is 5.73 Å². The van der Waals surface area contributed by atoms with Gasteiger partial charge < -0.3 is 15.7 Å². The highest BCUT2D eigenvalue weighted by Crippen LogP contribution is 2.15. The van der Waals surface area contributed by atoms with E-state index in [1.165, 1.54) is 13.0 Å². The summed E-state index contributed by atoms with van der Waals surface area (Å²) >= 11 is 0. The van der Waals surface area contributed by atoms with Gasteiger partial charge in [0.15, 0.2) is 0 Å². The van der Waals surface area contributed by atoms with Crippen LogP contribution in [0.15, 0.2) is 0 Å². The number of carbonyl (C=O) groups is 1. The molecule has 0 aromatic rings. The van der Waals surface area contributed by atoms with E-state index in [1.807, 2.05) is 0 Å². The van der Waals surface area contributed by atoms with Crippen molar-refractivity contribution < 1.29 is 9.90 Å². The summed E-state index contributed by atoms with van der Waals surface area (Å²) in [5.41, 5.74) is 5.61. The fourth-order valence-electron chi connectivity index (χ4n) is 2.10. The Morgan fingerprint density at radius 1 is 1.40 bits per heavy atom. The van der Waals surface area contributed by atoms with Crippen molar-refractivity contribution in [3.8, 4) is 0 Å². The number of carboxylic acids is 1. The molecular formula is C11H22N2O2. The van der Waals surface area contributed by atoms with E-state index in [1.54, 1.807) is 0 Å². The van der Waals surface area contributed by atoms with Crippen LogP contribution in [0, 0.1) is 5.92 Å². The summed E-state index contributed by atoms with van der Waals surface area (Å²) in [6, 6.07) is 0. The molecule has 4 nitrogen and oxygen atoms in total. The molecule has 0 aromatic carbocycles. The number of rotatable bonds is 7. The standard InChI is InChI=1S/C11H22N2O2/c12-8-10-5-7-13(9-10)6-3-1-2-4-11(14)15/h10H,1-9,12H2,(H,14,15). The number of carboxylic acid groups (broad SMARTS) is 1. The lowest BCUT2D eigenvalue weighted by Gasteiger charge is -2.14. The highest BCUT2D eigenvalue weighted by molar-refractivity contribution is 5.66. The van der Waals surface area contributed by atoms with Crippen LogP contribution in [0.4, 0.5) is 0 Å². The van der Waals surface area contributed by atoms with Crippen molar-refractivity contribution in [2.75, 3.05) is 26.2 Å². The molecule has 15 heavy (non-hydrogen) atoms. The number of hydrogen-bond donors (Lipinski definition) is 2. The fourth-order valence-corrected chi connectivity index (χ4v) is 2.10. The molecule has 0 radical (unpaired) electrons. The van der Waals surface area contributed by atoms with Crippen LogP contribution in [0.5, 0.6) is 0 Å². The minimum atomic E-state index is -0.681. The highest BCUT2D eigenvalue weighted by atomic mass is 16.4. The van der Waals surface area contributed by atoms with Crippen LogP contribution in [0.2, 0.25) is 0 Å². The van der Waals surface area contributed by atoms with Gasteiger partial charge in [-0.05, 0) is 44.8 Å². The van der Waals surface area contributed by atoms with Crippen LogP contribution in [0.1, 0.15) is 32.1 Å². The number of nitrogens with two attached hydrogens (primary N) is 1. The van der Waals surface area contributed by atoms with Gasteiger partial charge in [-0.2, -0.15) is 0 Å². The van der Waals surface area contributed by atoms with Gasteiger partial charge in [0, 0.05) is 13.0 Å².